The predicted octanol–water partition coefficient (Wildman–Crippen LogP) is 4.99. The number of nitrogens with one attached hydrogen (secondary N) is 2. The number of methoxy groups -OCH3 is 1. The van der Waals surface area contributed by atoms with Crippen molar-refractivity contribution in [3.63, 3.8) is 0 Å². The Morgan fingerprint density at radius 3 is 2.57 bits per heavy atom. The first-order chi connectivity index (χ1) is 17.1. The third-order valence-corrected chi connectivity index (χ3v) is 6.74. The van der Waals surface area contributed by atoms with Crippen molar-refractivity contribution >= 4 is 22.7 Å². The molecular formula is C29H29N3O3. The molecule has 6 heteroatoms. The minimum absolute atomic E-state index is 0.161. The smallest absolute Gasteiger partial charge is 0.256 e. The first kappa shape index (κ1) is 22.7. The SMILES string of the molecule is CCCCNC(=O)C1(c2cc3cc(OC)ccc3[nH]2)c2ccccc2C(=O)N1Cc1ccccc1. The molecule has 1 atom stereocenters. The lowest BCUT2D eigenvalue weighted by molar-refractivity contribution is -0.130. The first-order valence-corrected chi connectivity index (χ1v) is 12.0. The maximum atomic E-state index is 14.2. The zero-order valence-electron chi connectivity index (χ0n) is 20.0. The van der Waals surface area contributed by atoms with Crippen LogP contribution in [0, 0.1) is 0 Å². The molecule has 1 aromatic heterocycles. The van der Waals surface area contributed by atoms with Gasteiger partial charge in [0.2, 0.25) is 0 Å². The number of carbonyl (C=O) groups excluding carboxylic acids is 2. The summed E-state index contributed by atoms with van der Waals surface area (Å²) in [5, 5.41) is 4.04. The zero-order valence-corrected chi connectivity index (χ0v) is 20.0. The summed E-state index contributed by atoms with van der Waals surface area (Å²) in [6.07, 6.45) is 1.82. The quantitative estimate of drug-likeness (QED) is 0.359. The number of unbranched alkanes of at least 4 members (excludes halogenated alkanes) is 1. The molecular weight excluding hydrogens is 438 g/mol. The average molecular weight is 468 g/mol. The molecule has 2 heterocycles. The fourth-order valence-corrected chi connectivity index (χ4v) is 4.98. The molecule has 6 nitrogen and oxygen atoms in total. The van der Waals surface area contributed by atoms with Gasteiger partial charge in [0.15, 0.2) is 5.54 Å². The number of rotatable bonds is 8. The number of aromatic nitrogens is 1. The summed E-state index contributed by atoms with van der Waals surface area (Å²) < 4.78 is 5.41. The van der Waals surface area contributed by atoms with Gasteiger partial charge in [0.05, 0.1) is 12.8 Å². The number of benzene rings is 3. The number of fused-ring (bicyclic) bond motifs is 2. The number of nitrogens with zero attached hydrogens (tertiary/aromatic N) is 1. The van der Waals surface area contributed by atoms with E-state index in [0.29, 0.717) is 29.9 Å². The molecule has 1 aliphatic heterocycles. The lowest BCUT2D eigenvalue weighted by Gasteiger charge is -2.37. The molecule has 0 saturated carbocycles. The third-order valence-electron chi connectivity index (χ3n) is 6.74. The lowest BCUT2D eigenvalue weighted by atomic mass is 9.84. The fraction of sp³-hybridized carbons (Fsp3) is 0.241. The average Bonchev–Trinajstić information content (AvgIpc) is 3.42. The van der Waals surface area contributed by atoms with Gasteiger partial charge in [-0.1, -0.05) is 61.9 Å². The summed E-state index contributed by atoms with van der Waals surface area (Å²) in [5.41, 5.74) is 2.39. The molecule has 1 aliphatic rings. The Hall–Kier alpha value is -4.06. The van der Waals surface area contributed by atoms with Crippen molar-refractivity contribution in [3.05, 3.63) is 101 Å². The van der Waals surface area contributed by atoms with Gasteiger partial charge in [0.1, 0.15) is 5.75 Å². The molecule has 178 valence electrons. The molecule has 0 saturated heterocycles. The maximum absolute atomic E-state index is 14.2. The maximum Gasteiger partial charge on any atom is 0.256 e. The molecule has 4 aromatic rings. The summed E-state index contributed by atoms with van der Waals surface area (Å²) in [6.45, 7) is 2.93. The van der Waals surface area contributed by atoms with Crippen molar-refractivity contribution in [2.75, 3.05) is 13.7 Å². The zero-order chi connectivity index (χ0) is 24.4. The van der Waals surface area contributed by atoms with Crippen LogP contribution in [0.4, 0.5) is 0 Å². The normalized spacial score (nSPS) is 17.0. The van der Waals surface area contributed by atoms with Gasteiger partial charge in [-0.05, 0) is 42.3 Å². The lowest BCUT2D eigenvalue weighted by Crippen LogP contribution is -2.55. The van der Waals surface area contributed by atoms with Crippen LogP contribution in [0.5, 0.6) is 5.75 Å². The van der Waals surface area contributed by atoms with E-state index in [1.54, 1.807) is 12.0 Å². The molecule has 0 aliphatic carbocycles. The molecule has 35 heavy (non-hydrogen) atoms. The Kier molecular flexibility index (Phi) is 6.03. The molecule has 0 spiro atoms. The van der Waals surface area contributed by atoms with Crippen molar-refractivity contribution in [2.24, 2.45) is 0 Å². The van der Waals surface area contributed by atoms with E-state index in [0.717, 1.165) is 35.1 Å². The monoisotopic (exact) mass is 467 g/mol. The van der Waals surface area contributed by atoms with Crippen LogP contribution in [0.25, 0.3) is 10.9 Å². The Balaban J connectivity index is 1.74. The van der Waals surface area contributed by atoms with Gasteiger partial charge in [-0.2, -0.15) is 0 Å². The van der Waals surface area contributed by atoms with Gasteiger partial charge < -0.3 is 19.9 Å². The van der Waals surface area contributed by atoms with E-state index in [1.807, 2.05) is 78.9 Å². The van der Waals surface area contributed by atoms with Crippen LogP contribution < -0.4 is 10.1 Å². The molecule has 2 amide bonds. The van der Waals surface area contributed by atoms with E-state index in [2.05, 4.69) is 17.2 Å². The van der Waals surface area contributed by atoms with Gasteiger partial charge >= 0.3 is 0 Å². The number of ether oxygens (including phenoxy) is 1. The summed E-state index contributed by atoms with van der Waals surface area (Å²) in [7, 11) is 1.63. The summed E-state index contributed by atoms with van der Waals surface area (Å²) in [5.74, 6) is 0.360. The number of H-pyrrole nitrogens is 1. The van der Waals surface area contributed by atoms with E-state index >= 15 is 0 Å². The second-order valence-corrected chi connectivity index (χ2v) is 8.88. The van der Waals surface area contributed by atoms with Gasteiger partial charge in [0, 0.05) is 35.1 Å². The topological polar surface area (TPSA) is 74.4 Å². The Bertz CT molecular complexity index is 1380. The minimum Gasteiger partial charge on any atom is -0.497 e. The predicted molar refractivity (Wildman–Crippen MR) is 136 cm³/mol. The van der Waals surface area contributed by atoms with Crippen molar-refractivity contribution in [1.29, 1.82) is 0 Å². The third kappa shape index (κ3) is 3.75. The highest BCUT2D eigenvalue weighted by Gasteiger charge is 2.57. The van der Waals surface area contributed by atoms with E-state index in [1.165, 1.54) is 0 Å². The van der Waals surface area contributed by atoms with Crippen LogP contribution in [0.15, 0.2) is 78.9 Å². The van der Waals surface area contributed by atoms with Gasteiger partial charge in [0.25, 0.3) is 11.8 Å². The summed E-state index contributed by atoms with van der Waals surface area (Å²) >= 11 is 0. The number of aromatic amines is 1. The number of hydrogen-bond donors (Lipinski definition) is 2. The van der Waals surface area contributed by atoms with E-state index in [4.69, 9.17) is 4.74 Å². The highest BCUT2D eigenvalue weighted by molar-refractivity contribution is 6.09. The van der Waals surface area contributed by atoms with Crippen molar-refractivity contribution in [1.82, 2.24) is 15.2 Å². The molecule has 0 fully saturated rings. The Labute approximate surface area is 204 Å². The van der Waals surface area contributed by atoms with Crippen molar-refractivity contribution in [3.8, 4) is 5.75 Å². The van der Waals surface area contributed by atoms with Gasteiger partial charge in [-0.15, -0.1) is 0 Å². The molecule has 0 bridgehead atoms. The van der Waals surface area contributed by atoms with E-state index in [9.17, 15) is 9.59 Å². The van der Waals surface area contributed by atoms with Crippen LogP contribution >= 0.6 is 0 Å². The number of amides is 2. The second-order valence-electron chi connectivity index (χ2n) is 8.88. The fourth-order valence-electron chi connectivity index (χ4n) is 4.98. The molecule has 3 aromatic carbocycles. The standard InChI is InChI=1S/C29H29N3O3/c1-3-4-16-30-28(34)29(26-18-21-17-22(35-2)14-15-25(21)31-26)24-13-9-8-12-23(24)27(33)32(29)19-20-10-6-5-7-11-20/h5-15,17-18,31H,3-4,16,19H2,1-2H3,(H,30,34). The molecule has 1 unspecified atom stereocenters. The van der Waals surface area contributed by atoms with Gasteiger partial charge in [-0.25, -0.2) is 0 Å². The number of hydrogen-bond acceptors (Lipinski definition) is 3. The number of carbonyl (C=O) groups is 2. The van der Waals surface area contributed by atoms with Crippen molar-refractivity contribution in [2.45, 2.75) is 31.8 Å². The van der Waals surface area contributed by atoms with Crippen LogP contribution in [0.2, 0.25) is 0 Å². The molecule has 5 rings (SSSR count). The van der Waals surface area contributed by atoms with Crippen LogP contribution in [-0.2, 0) is 16.9 Å². The Morgan fingerprint density at radius 1 is 1.03 bits per heavy atom. The molecule has 2 N–H and O–H groups in total. The Morgan fingerprint density at radius 2 is 1.80 bits per heavy atom. The van der Waals surface area contributed by atoms with E-state index < -0.39 is 5.54 Å². The van der Waals surface area contributed by atoms with Crippen LogP contribution in [0.3, 0.4) is 0 Å². The van der Waals surface area contributed by atoms with Crippen LogP contribution in [0.1, 0.15) is 46.9 Å². The first-order valence-electron chi connectivity index (χ1n) is 12.0. The van der Waals surface area contributed by atoms with E-state index in [-0.39, 0.29) is 11.8 Å². The second kappa shape index (κ2) is 9.29. The highest BCUT2D eigenvalue weighted by Crippen LogP contribution is 2.46. The van der Waals surface area contributed by atoms with Crippen molar-refractivity contribution < 1.29 is 14.3 Å². The minimum atomic E-state index is -1.33. The largest absolute Gasteiger partial charge is 0.497 e. The van der Waals surface area contributed by atoms with Crippen LogP contribution in [-0.4, -0.2) is 35.4 Å². The highest BCUT2D eigenvalue weighted by atomic mass is 16.5. The molecule has 0 radical (unpaired) electrons. The van der Waals surface area contributed by atoms with Gasteiger partial charge in [-0.3, -0.25) is 9.59 Å². The summed E-state index contributed by atoms with van der Waals surface area (Å²) in [4.78, 5) is 33.2. The summed E-state index contributed by atoms with van der Waals surface area (Å²) in [6, 6.07) is 24.9.